The van der Waals surface area contributed by atoms with Crippen LogP contribution in [0.4, 0.5) is 14.5 Å². The normalized spacial score (nSPS) is 12.3. The van der Waals surface area contributed by atoms with Crippen molar-refractivity contribution < 1.29 is 13.6 Å². The number of nitrogens with one attached hydrogen (secondary N) is 2. The summed E-state index contributed by atoms with van der Waals surface area (Å²) in [6.07, 6.45) is 0. The molecule has 2 aromatic carbocycles. The van der Waals surface area contributed by atoms with Crippen LogP contribution >= 0.6 is 11.8 Å². The SMILES string of the molecule is Cc1ccccc1NC(=O)C(C)Sc1nc2cc(F)c(F)cc2[nH]1. The van der Waals surface area contributed by atoms with Gasteiger partial charge in [-0.3, -0.25) is 4.79 Å². The molecule has 3 aromatic rings. The van der Waals surface area contributed by atoms with Crippen LogP contribution in [0.15, 0.2) is 41.6 Å². The second-order valence-electron chi connectivity index (χ2n) is 5.39. The summed E-state index contributed by atoms with van der Waals surface area (Å²) < 4.78 is 26.5. The molecule has 0 saturated carbocycles. The molecule has 124 valence electrons. The number of anilines is 1. The van der Waals surface area contributed by atoms with Gasteiger partial charge >= 0.3 is 0 Å². The van der Waals surface area contributed by atoms with Gasteiger partial charge in [-0.2, -0.15) is 0 Å². The van der Waals surface area contributed by atoms with Gasteiger partial charge in [0.1, 0.15) is 0 Å². The summed E-state index contributed by atoms with van der Waals surface area (Å²) in [4.78, 5) is 19.4. The smallest absolute Gasteiger partial charge is 0.237 e. The zero-order valence-electron chi connectivity index (χ0n) is 13.1. The number of hydrogen-bond donors (Lipinski definition) is 2. The second-order valence-corrected chi connectivity index (χ2v) is 6.72. The monoisotopic (exact) mass is 347 g/mol. The molecule has 0 aliphatic heterocycles. The molecule has 0 saturated heterocycles. The third kappa shape index (κ3) is 3.41. The molecule has 0 fully saturated rings. The number of nitrogens with zero attached hydrogens (tertiary/aromatic N) is 1. The van der Waals surface area contributed by atoms with Crippen LogP contribution < -0.4 is 5.32 Å². The molecule has 7 heteroatoms. The number of thioether (sulfide) groups is 1. The Balaban J connectivity index is 1.73. The molecular formula is C17H15F2N3OS. The van der Waals surface area contributed by atoms with E-state index in [4.69, 9.17) is 0 Å². The van der Waals surface area contributed by atoms with Gasteiger partial charge in [-0.1, -0.05) is 30.0 Å². The Kier molecular flexibility index (Phi) is 4.53. The zero-order chi connectivity index (χ0) is 17.3. The van der Waals surface area contributed by atoms with Crippen molar-refractivity contribution in [2.24, 2.45) is 0 Å². The fourth-order valence-corrected chi connectivity index (χ4v) is 3.03. The van der Waals surface area contributed by atoms with Gasteiger partial charge in [-0.05, 0) is 25.5 Å². The van der Waals surface area contributed by atoms with Crippen molar-refractivity contribution in [3.8, 4) is 0 Å². The van der Waals surface area contributed by atoms with Gasteiger partial charge in [-0.15, -0.1) is 0 Å². The lowest BCUT2D eigenvalue weighted by atomic mass is 10.2. The standard InChI is InChI=1S/C17H15F2N3OS/c1-9-5-3-4-6-13(9)20-16(23)10(2)24-17-21-14-7-11(18)12(19)8-15(14)22-17/h3-8,10H,1-2H3,(H,20,23)(H,21,22). The van der Waals surface area contributed by atoms with Crippen LogP contribution in [-0.2, 0) is 4.79 Å². The minimum absolute atomic E-state index is 0.174. The Morgan fingerprint density at radius 3 is 2.71 bits per heavy atom. The highest BCUT2D eigenvalue weighted by Crippen LogP contribution is 2.26. The van der Waals surface area contributed by atoms with E-state index in [1.807, 2.05) is 31.2 Å². The molecule has 0 spiro atoms. The largest absolute Gasteiger partial charge is 0.333 e. The number of fused-ring (bicyclic) bond motifs is 1. The molecule has 0 radical (unpaired) electrons. The summed E-state index contributed by atoms with van der Waals surface area (Å²) in [5.41, 5.74) is 2.44. The Morgan fingerprint density at radius 1 is 1.25 bits per heavy atom. The fourth-order valence-electron chi connectivity index (χ4n) is 2.21. The number of H-pyrrole nitrogens is 1. The molecule has 1 heterocycles. The maximum Gasteiger partial charge on any atom is 0.237 e. The summed E-state index contributed by atoms with van der Waals surface area (Å²) in [6, 6.07) is 9.58. The number of hydrogen-bond acceptors (Lipinski definition) is 3. The van der Waals surface area contributed by atoms with E-state index < -0.39 is 16.9 Å². The predicted molar refractivity (Wildman–Crippen MR) is 91.1 cm³/mol. The van der Waals surface area contributed by atoms with Gasteiger partial charge in [0.15, 0.2) is 16.8 Å². The Bertz CT molecular complexity index is 871. The number of carbonyl (C=O) groups is 1. The highest BCUT2D eigenvalue weighted by molar-refractivity contribution is 8.00. The summed E-state index contributed by atoms with van der Waals surface area (Å²) in [5, 5.41) is 2.86. The van der Waals surface area contributed by atoms with E-state index in [-0.39, 0.29) is 5.91 Å². The predicted octanol–water partition coefficient (Wildman–Crippen LogP) is 4.27. The van der Waals surface area contributed by atoms with Crippen LogP contribution in [0.5, 0.6) is 0 Å². The minimum atomic E-state index is -0.948. The van der Waals surface area contributed by atoms with E-state index in [1.165, 1.54) is 11.8 Å². The Labute approximate surface area is 141 Å². The van der Waals surface area contributed by atoms with E-state index in [0.29, 0.717) is 16.2 Å². The molecular weight excluding hydrogens is 332 g/mol. The van der Waals surface area contributed by atoms with Crippen molar-refractivity contribution >= 4 is 34.4 Å². The van der Waals surface area contributed by atoms with Gasteiger partial charge < -0.3 is 10.3 Å². The fraction of sp³-hybridized carbons (Fsp3) is 0.176. The van der Waals surface area contributed by atoms with E-state index in [2.05, 4.69) is 15.3 Å². The summed E-state index contributed by atoms with van der Waals surface area (Å²) in [5.74, 6) is -2.06. The second kappa shape index (κ2) is 6.60. The number of aromatic amines is 1. The van der Waals surface area contributed by atoms with Crippen molar-refractivity contribution in [1.29, 1.82) is 0 Å². The molecule has 2 N–H and O–H groups in total. The van der Waals surface area contributed by atoms with Crippen LogP contribution in [0, 0.1) is 18.6 Å². The van der Waals surface area contributed by atoms with E-state index in [9.17, 15) is 13.6 Å². The molecule has 3 rings (SSSR count). The zero-order valence-corrected chi connectivity index (χ0v) is 13.9. The van der Waals surface area contributed by atoms with E-state index >= 15 is 0 Å². The Morgan fingerprint density at radius 2 is 1.96 bits per heavy atom. The highest BCUT2D eigenvalue weighted by Gasteiger charge is 2.18. The van der Waals surface area contributed by atoms with Gasteiger partial charge in [0.2, 0.25) is 5.91 Å². The third-order valence-corrected chi connectivity index (χ3v) is 4.55. The van der Waals surface area contributed by atoms with Crippen LogP contribution in [0.2, 0.25) is 0 Å². The number of aromatic nitrogens is 2. The highest BCUT2D eigenvalue weighted by atomic mass is 32.2. The molecule has 0 aliphatic carbocycles. The first-order valence-electron chi connectivity index (χ1n) is 7.32. The van der Waals surface area contributed by atoms with Crippen LogP contribution in [0.25, 0.3) is 11.0 Å². The van der Waals surface area contributed by atoms with Crippen molar-refractivity contribution in [2.75, 3.05) is 5.32 Å². The number of halogens is 2. The molecule has 24 heavy (non-hydrogen) atoms. The molecule has 1 atom stereocenters. The van der Waals surface area contributed by atoms with Crippen LogP contribution in [0.1, 0.15) is 12.5 Å². The van der Waals surface area contributed by atoms with Crippen molar-refractivity contribution in [3.05, 3.63) is 53.6 Å². The lowest BCUT2D eigenvalue weighted by Crippen LogP contribution is -2.22. The van der Waals surface area contributed by atoms with E-state index in [0.717, 1.165) is 23.4 Å². The first-order valence-corrected chi connectivity index (χ1v) is 8.20. The lowest BCUT2D eigenvalue weighted by Gasteiger charge is -2.12. The number of para-hydroxylation sites is 1. The van der Waals surface area contributed by atoms with Crippen LogP contribution in [0.3, 0.4) is 0 Å². The topological polar surface area (TPSA) is 57.8 Å². The number of rotatable bonds is 4. The maximum absolute atomic E-state index is 13.2. The van der Waals surface area contributed by atoms with Crippen LogP contribution in [-0.4, -0.2) is 21.1 Å². The molecule has 1 unspecified atom stereocenters. The number of amides is 1. The average Bonchev–Trinajstić information content (AvgIpc) is 2.91. The number of benzene rings is 2. The molecule has 0 aliphatic rings. The first-order chi connectivity index (χ1) is 11.4. The summed E-state index contributed by atoms with van der Waals surface area (Å²) in [7, 11) is 0. The Hall–Kier alpha value is -2.41. The van der Waals surface area contributed by atoms with Gasteiger partial charge in [0, 0.05) is 17.8 Å². The lowest BCUT2D eigenvalue weighted by molar-refractivity contribution is -0.115. The summed E-state index contributed by atoms with van der Waals surface area (Å²) >= 11 is 1.19. The minimum Gasteiger partial charge on any atom is -0.333 e. The van der Waals surface area contributed by atoms with Gasteiger partial charge in [-0.25, -0.2) is 13.8 Å². The third-order valence-electron chi connectivity index (χ3n) is 3.56. The molecule has 1 amide bonds. The van der Waals surface area contributed by atoms with E-state index in [1.54, 1.807) is 6.92 Å². The summed E-state index contributed by atoms with van der Waals surface area (Å²) in [6.45, 7) is 3.66. The quantitative estimate of drug-likeness (QED) is 0.693. The average molecular weight is 347 g/mol. The molecule has 1 aromatic heterocycles. The van der Waals surface area contributed by atoms with Crippen molar-refractivity contribution in [3.63, 3.8) is 0 Å². The van der Waals surface area contributed by atoms with Gasteiger partial charge in [0.25, 0.3) is 0 Å². The van der Waals surface area contributed by atoms with Crippen molar-refractivity contribution in [2.45, 2.75) is 24.3 Å². The number of aryl methyl sites for hydroxylation is 1. The van der Waals surface area contributed by atoms with Crippen molar-refractivity contribution in [1.82, 2.24) is 9.97 Å². The first kappa shape index (κ1) is 16.4. The van der Waals surface area contributed by atoms with Gasteiger partial charge in [0.05, 0.1) is 16.3 Å². The molecule has 0 bridgehead atoms. The maximum atomic E-state index is 13.2. The molecule has 4 nitrogen and oxygen atoms in total. The number of carbonyl (C=O) groups excluding carboxylic acids is 1. The number of imidazole rings is 1.